The number of rotatable bonds is 2. The number of aryl methyl sites for hydroxylation is 1. The van der Waals surface area contributed by atoms with Gasteiger partial charge in [0.25, 0.3) is 0 Å². The van der Waals surface area contributed by atoms with Crippen LogP contribution in [0.3, 0.4) is 0 Å². The van der Waals surface area contributed by atoms with Crippen molar-refractivity contribution in [2.75, 3.05) is 0 Å². The van der Waals surface area contributed by atoms with Gasteiger partial charge in [-0.1, -0.05) is 29.8 Å². The van der Waals surface area contributed by atoms with Gasteiger partial charge in [-0.2, -0.15) is 0 Å². The molecule has 0 amide bonds. The maximum atomic E-state index is 10.3. The molecule has 0 aliphatic carbocycles. The van der Waals surface area contributed by atoms with E-state index in [1.54, 1.807) is 6.20 Å². The molecule has 0 fully saturated rings. The number of halogens is 1. The molecular weight excluding hydrogens is 234 g/mol. The first kappa shape index (κ1) is 12.1. The van der Waals surface area contributed by atoms with Gasteiger partial charge in [0.1, 0.15) is 6.10 Å². The van der Waals surface area contributed by atoms with Crippen molar-refractivity contribution in [3.05, 3.63) is 63.9 Å². The first-order valence-electron chi connectivity index (χ1n) is 5.45. The lowest BCUT2D eigenvalue weighted by Crippen LogP contribution is -2.03. The van der Waals surface area contributed by atoms with Gasteiger partial charge in [-0.3, -0.25) is 4.98 Å². The summed E-state index contributed by atoms with van der Waals surface area (Å²) in [6, 6.07) is 9.31. The molecule has 88 valence electrons. The first-order chi connectivity index (χ1) is 8.09. The van der Waals surface area contributed by atoms with Crippen molar-refractivity contribution >= 4 is 11.6 Å². The molecule has 0 saturated carbocycles. The van der Waals surface area contributed by atoms with Gasteiger partial charge in [-0.15, -0.1) is 0 Å². The first-order valence-corrected chi connectivity index (χ1v) is 5.83. The highest BCUT2D eigenvalue weighted by Crippen LogP contribution is 2.28. The highest BCUT2D eigenvalue weighted by molar-refractivity contribution is 6.31. The van der Waals surface area contributed by atoms with Crippen molar-refractivity contribution in [1.82, 2.24) is 4.98 Å². The predicted molar refractivity (Wildman–Crippen MR) is 69.2 cm³/mol. The number of aliphatic hydroxyl groups excluding tert-OH is 1. The SMILES string of the molecule is Cc1ccc(C(O)c2cccc(Cl)c2C)cn1. The Kier molecular flexibility index (Phi) is 3.46. The van der Waals surface area contributed by atoms with E-state index in [0.717, 1.165) is 22.4 Å². The summed E-state index contributed by atoms with van der Waals surface area (Å²) in [5.74, 6) is 0. The van der Waals surface area contributed by atoms with Crippen molar-refractivity contribution in [2.45, 2.75) is 20.0 Å². The van der Waals surface area contributed by atoms with E-state index < -0.39 is 6.10 Å². The Labute approximate surface area is 106 Å². The van der Waals surface area contributed by atoms with Crippen LogP contribution in [-0.4, -0.2) is 10.1 Å². The van der Waals surface area contributed by atoms with E-state index in [4.69, 9.17) is 11.6 Å². The molecule has 2 rings (SSSR count). The van der Waals surface area contributed by atoms with Gasteiger partial charge < -0.3 is 5.11 Å². The molecule has 17 heavy (non-hydrogen) atoms. The molecule has 2 aromatic rings. The van der Waals surface area contributed by atoms with E-state index >= 15 is 0 Å². The molecule has 3 heteroatoms. The number of hydrogen-bond acceptors (Lipinski definition) is 2. The lowest BCUT2D eigenvalue weighted by Gasteiger charge is -2.14. The third-order valence-corrected chi connectivity index (χ3v) is 3.26. The minimum absolute atomic E-state index is 0.668. The van der Waals surface area contributed by atoms with E-state index in [-0.39, 0.29) is 0 Å². The average Bonchev–Trinajstić information content (AvgIpc) is 2.33. The Morgan fingerprint density at radius 2 is 1.94 bits per heavy atom. The summed E-state index contributed by atoms with van der Waals surface area (Å²) < 4.78 is 0. The maximum Gasteiger partial charge on any atom is 0.106 e. The summed E-state index contributed by atoms with van der Waals surface area (Å²) in [4.78, 5) is 4.18. The highest BCUT2D eigenvalue weighted by atomic mass is 35.5. The fraction of sp³-hybridized carbons (Fsp3) is 0.214. The van der Waals surface area contributed by atoms with Crippen LogP contribution >= 0.6 is 11.6 Å². The minimum Gasteiger partial charge on any atom is -0.384 e. The number of nitrogens with zero attached hydrogens (tertiary/aromatic N) is 1. The fourth-order valence-electron chi connectivity index (χ4n) is 1.74. The zero-order valence-corrected chi connectivity index (χ0v) is 10.6. The smallest absolute Gasteiger partial charge is 0.106 e. The van der Waals surface area contributed by atoms with Crippen molar-refractivity contribution < 1.29 is 5.11 Å². The molecule has 1 aromatic carbocycles. The van der Waals surface area contributed by atoms with E-state index in [2.05, 4.69) is 4.98 Å². The lowest BCUT2D eigenvalue weighted by molar-refractivity contribution is 0.219. The number of aromatic nitrogens is 1. The Balaban J connectivity index is 2.40. The summed E-state index contributed by atoms with van der Waals surface area (Å²) in [6.07, 6.45) is 1.02. The number of pyridine rings is 1. The van der Waals surface area contributed by atoms with Gasteiger partial charge in [0.15, 0.2) is 0 Å². The standard InChI is InChI=1S/C14H14ClNO/c1-9-6-7-11(8-16-9)14(17)12-4-3-5-13(15)10(12)2/h3-8,14,17H,1-2H3. The van der Waals surface area contributed by atoms with Crippen molar-refractivity contribution in [2.24, 2.45) is 0 Å². The molecule has 2 nitrogen and oxygen atoms in total. The predicted octanol–water partition coefficient (Wildman–Crippen LogP) is 3.43. The topological polar surface area (TPSA) is 33.1 Å². The summed E-state index contributed by atoms with van der Waals surface area (Å²) >= 11 is 6.04. The second kappa shape index (κ2) is 4.86. The Morgan fingerprint density at radius 3 is 2.59 bits per heavy atom. The number of benzene rings is 1. The lowest BCUT2D eigenvalue weighted by atomic mass is 9.98. The Bertz CT molecular complexity index is 522. The summed E-state index contributed by atoms with van der Waals surface area (Å²) in [5, 5.41) is 11.0. The third kappa shape index (κ3) is 2.48. The second-order valence-electron chi connectivity index (χ2n) is 4.09. The largest absolute Gasteiger partial charge is 0.384 e. The van der Waals surface area contributed by atoms with Gasteiger partial charge in [0.05, 0.1) is 0 Å². The second-order valence-corrected chi connectivity index (χ2v) is 4.50. The summed E-state index contributed by atoms with van der Waals surface area (Å²) in [5.41, 5.74) is 3.44. The number of hydrogen-bond donors (Lipinski definition) is 1. The summed E-state index contributed by atoms with van der Waals surface area (Å²) in [6.45, 7) is 3.82. The van der Waals surface area contributed by atoms with E-state index in [1.807, 2.05) is 44.2 Å². The molecule has 1 aromatic heterocycles. The molecule has 1 N–H and O–H groups in total. The summed E-state index contributed by atoms with van der Waals surface area (Å²) in [7, 11) is 0. The van der Waals surface area contributed by atoms with E-state index in [9.17, 15) is 5.11 Å². The monoisotopic (exact) mass is 247 g/mol. The van der Waals surface area contributed by atoms with Crippen LogP contribution in [0.25, 0.3) is 0 Å². The molecule has 0 aliphatic rings. The van der Waals surface area contributed by atoms with E-state index in [0.29, 0.717) is 5.02 Å². The van der Waals surface area contributed by atoms with Gasteiger partial charge in [-0.25, -0.2) is 0 Å². The zero-order chi connectivity index (χ0) is 12.4. The van der Waals surface area contributed by atoms with Gasteiger partial charge >= 0.3 is 0 Å². The number of aliphatic hydroxyl groups is 1. The molecule has 1 heterocycles. The Morgan fingerprint density at radius 1 is 1.18 bits per heavy atom. The fourth-order valence-corrected chi connectivity index (χ4v) is 1.92. The molecule has 0 radical (unpaired) electrons. The molecule has 1 atom stereocenters. The van der Waals surface area contributed by atoms with Crippen molar-refractivity contribution in [3.8, 4) is 0 Å². The normalized spacial score (nSPS) is 12.5. The van der Waals surface area contributed by atoms with Crippen LogP contribution in [0.2, 0.25) is 5.02 Å². The van der Waals surface area contributed by atoms with Crippen LogP contribution in [0.15, 0.2) is 36.5 Å². The minimum atomic E-state index is -0.679. The quantitative estimate of drug-likeness (QED) is 0.882. The maximum absolute atomic E-state index is 10.3. The molecule has 1 unspecified atom stereocenters. The highest BCUT2D eigenvalue weighted by Gasteiger charge is 2.14. The van der Waals surface area contributed by atoms with Crippen LogP contribution in [-0.2, 0) is 0 Å². The van der Waals surface area contributed by atoms with Crippen molar-refractivity contribution in [3.63, 3.8) is 0 Å². The Hall–Kier alpha value is -1.38. The van der Waals surface area contributed by atoms with Gasteiger partial charge in [0.2, 0.25) is 0 Å². The van der Waals surface area contributed by atoms with Crippen LogP contribution in [0.4, 0.5) is 0 Å². The van der Waals surface area contributed by atoms with Crippen LogP contribution < -0.4 is 0 Å². The molecule has 0 aliphatic heterocycles. The molecular formula is C14H14ClNO. The zero-order valence-electron chi connectivity index (χ0n) is 9.81. The molecule has 0 saturated heterocycles. The van der Waals surface area contributed by atoms with Gasteiger partial charge in [0, 0.05) is 22.5 Å². The van der Waals surface area contributed by atoms with Crippen LogP contribution in [0.1, 0.15) is 28.5 Å². The van der Waals surface area contributed by atoms with Gasteiger partial charge in [-0.05, 0) is 37.1 Å². The van der Waals surface area contributed by atoms with Crippen LogP contribution in [0.5, 0.6) is 0 Å². The molecule has 0 bridgehead atoms. The van der Waals surface area contributed by atoms with Crippen molar-refractivity contribution in [1.29, 1.82) is 0 Å². The molecule has 0 spiro atoms. The van der Waals surface area contributed by atoms with Crippen LogP contribution in [0, 0.1) is 13.8 Å². The third-order valence-electron chi connectivity index (χ3n) is 2.85. The van der Waals surface area contributed by atoms with E-state index in [1.165, 1.54) is 0 Å². The average molecular weight is 248 g/mol.